The van der Waals surface area contributed by atoms with Crippen molar-refractivity contribution >= 4 is 5.82 Å². The van der Waals surface area contributed by atoms with Crippen molar-refractivity contribution in [2.75, 3.05) is 38.7 Å². The lowest BCUT2D eigenvalue weighted by Gasteiger charge is -2.37. The second-order valence-corrected chi connectivity index (χ2v) is 5.43. The summed E-state index contributed by atoms with van der Waals surface area (Å²) in [6, 6.07) is 2.34. The Morgan fingerprint density at radius 2 is 2.10 bits per heavy atom. The van der Waals surface area contributed by atoms with Gasteiger partial charge in [-0.1, -0.05) is 0 Å². The number of pyridine rings is 1. The fourth-order valence-electron chi connectivity index (χ4n) is 2.68. The molecule has 2 rings (SSSR count). The van der Waals surface area contributed by atoms with E-state index < -0.39 is 11.7 Å². The van der Waals surface area contributed by atoms with Gasteiger partial charge in [-0.2, -0.15) is 13.2 Å². The Bertz CT molecular complexity index is 454. The first-order chi connectivity index (χ1) is 9.97. The molecule has 2 N–H and O–H groups in total. The van der Waals surface area contributed by atoms with Crippen LogP contribution in [0.25, 0.3) is 0 Å². The van der Waals surface area contributed by atoms with Crippen LogP contribution in [0.4, 0.5) is 19.0 Å². The number of piperidine rings is 1. The van der Waals surface area contributed by atoms with Gasteiger partial charge in [0.2, 0.25) is 0 Å². The third-order valence-electron chi connectivity index (χ3n) is 3.86. The van der Waals surface area contributed by atoms with E-state index >= 15 is 0 Å². The maximum atomic E-state index is 12.9. The van der Waals surface area contributed by atoms with E-state index in [4.69, 9.17) is 4.74 Å². The van der Waals surface area contributed by atoms with E-state index in [1.54, 1.807) is 7.11 Å². The highest BCUT2D eigenvalue weighted by molar-refractivity contribution is 5.45. The first-order valence-electron chi connectivity index (χ1n) is 6.93. The molecule has 1 aromatic heterocycles. The number of nitrogens with one attached hydrogen (secondary N) is 2. The van der Waals surface area contributed by atoms with Gasteiger partial charge in [0.25, 0.3) is 0 Å². The summed E-state index contributed by atoms with van der Waals surface area (Å²) in [6.07, 6.45) is -1.31. The normalized spacial score (nSPS) is 18.5. The van der Waals surface area contributed by atoms with Crippen LogP contribution in [0.3, 0.4) is 0 Å². The topological polar surface area (TPSA) is 46.2 Å². The number of halogens is 3. The second kappa shape index (κ2) is 6.62. The van der Waals surface area contributed by atoms with Crippen LogP contribution in [0.1, 0.15) is 18.4 Å². The molecule has 1 aromatic rings. The van der Waals surface area contributed by atoms with E-state index in [-0.39, 0.29) is 11.2 Å². The van der Waals surface area contributed by atoms with E-state index in [1.165, 1.54) is 12.3 Å². The highest BCUT2D eigenvalue weighted by Gasteiger charge is 2.36. The first-order valence-corrected chi connectivity index (χ1v) is 6.93. The van der Waals surface area contributed by atoms with Crippen molar-refractivity contribution in [1.82, 2.24) is 10.3 Å². The van der Waals surface area contributed by atoms with Gasteiger partial charge in [0.15, 0.2) is 0 Å². The Hall–Kier alpha value is -1.34. The van der Waals surface area contributed by atoms with Gasteiger partial charge in [0.1, 0.15) is 5.82 Å². The summed E-state index contributed by atoms with van der Waals surface area (Å²) < 4.78 is 44.1. The van der Waals surface area contributed by atoms with Crippen molar-refractivity contribution in [1.29, 1.82) is 0 Å². The Morgan fingerprint density at radius 3 is 2.71 bits per heavy atom. The lowest BCUT2D eigenvalue weighted by molar-refractivity contribution is -0.137. The van der Waals surface area contributed by atoms with Gasteiger partial charge in [-0.3, -0.25) is 0 Å². The van der Waals surface area contributed by atoms with Crippen LogP contribution in [0.5, 0.6) is 0 Å². The molecule has 0 radical (unpaired) electrons. The molecule has 0 spiro atoms. The zero-order valence-corrected chi connectivity index (χ0v) is 12.0. The summed E-state index contributed by atoms with van der Waals surface area (Å²) in [4.78, 5) is 3.83. The predicted octanol–water partition coefficient (Wildman–Crippen LogP) is 2.53. The monoisotopic (exact) mass is 303 g/mol. The molecular formula is C14H20F3N3O. The standard InChI is InChI=1S/C14H20F3N3O/c1-21-10-13(4-7-18-8-5-13)9-20-12-11(14(15,16)17)3-2-6-19-12/h2-3,6,18H,4-5,7-10H2,1H3,(H,19,20). The van der Waals surface area contributed by atoms with Crippen LogP contribution in [0.15, 0.2) is 18.3 Å². The number of methoxy groups -OCH3 is 1. The van der Waals surface area contributed by atoms with E-state index in [0.717, 1.165) is 32.0 Å². The van der Waals surface area contributed by atoms with Crippen LogP contribution >= 0.6 is 0 Å². The maximum absolute atomic E-state index is 12.9. The van der Waals surface area contributed by atoms with Crippen molar-refractivity contribution in [3.05, 3.63) is 23.9 Å². The van der Waals surface area contributed by atoms with E-state index in [0.29, 0.717) is 13.2 Å². The van der Waals surface area contributed by atoms with Crippen molar-refractivity contribution < 1.29 is 17.9 Å². The zero-order chi connectivity index (χ0) is 15.3. The molecule has 21 heavy (non-hydrogen) atoms. The molecule has 1 aliphatic heterocycles. The number of hydrogen-bond acceptors (Lipinski definition) is 4. The fourth-order valence-corrected chi connectivity index (χ4v) is 2.68. The largest absolute Gasteiger partial charge is 0.419 e. The van der Waals surface area contributed by atoms with E-state index in [2.05, 4.69) is 15.6 Å². The predicted molar refractivity (Wildman–Crippen MR) is 74.1 cm³/mol. The third kappa shape index (κ3) is 4.07. The quantitative estimate of drug-likeness (QED) is 0.877. The van der Waals surface area contributed by atoms with Gasteiger partial charge in [-0.25, -0.2) is 4.98 Å². The summed E-state index contributed by atoms with van der Waals surface area (Å²) in [6.45, 7) is 2.64. The number of rotatable bonds is 5. The van der Waals surface area contributed by atoms with Gasteiger partial charge in [0, 0.05) is 25.3 Å². The number of nitrogens with zero attached hydrogens (tertiary/aromatic N) is 1. The lowest BCUT2D eigenvalue weighted by Crippen LogP contribution is -2.44. The third-order valence-corrected chi connectivity index (χ3v) is 3.86. The number of anilines is 1. The maximum Gasteiger partial charge on any atom is 0.419 e. The molecule has 0 unspecified atom stereocenters. The summed E-state index contributed by atoms with van der Waals surface area (Å²) in [5, 5.41) is 6.13. The van der Waals surface area contributed by atoms with Crippen LogP contribution in [0.2, 0.25) is 0 Å². The molecule has 0 aliphatic carbocycles. The first kappa shape index (κ1) is 16.0. The zero-order valence-electron chi connectivity index (χ0n) is 12.0. The molecule has 2 heterocycles. The molecule has 0 aromatic carbocycles. The van der Waals surface area contributed by atoms with Gasteiger partial charge < -0.3 is 15.4 Å². The van der Waals surface area contributed by atoms with Crippen LogP contribution in [0, 0.1) is 5.41 Å². The molecule has 7 heteroatoms. The van der Waals surface area contributed by atoms with Crippen molar-refractivity contribution in [3.8, 4) is 0 Å². The Balaban J connectivity index is 2.11. The van der Waals surface area contributed by atoms with Crippen LogP contribution < -0.4 is 10.6 Å². The number of hydrogen-bond donors (Lipinski definition) is 2. The number of alkyl halides is 3. The minimum Gasteiger partial charge on any atom is -0.384 e. The van der Waals surface area contributed by atoms with Crippen molar-refractivity contribution in [2.24, 2.45) is 5.41 Å². The van der Waals surface area contributed by atoms with Gasteiger partial charge >= 0.3 is 6.18 Å². The average Bonchev–Trinajstić information content (AvgIpc) is 2.46. The highest BCUT2D eigenvalue weighted by atomic mass is 19.4. The molecule has 0 atom stereocenters. The Morgan fingerprint density at radius 1 is 1.38 bits per heavy atom. The molecular weight excluding hydrogens is 283 g/mol. The molecule has 118 valence electrons. The molecule has 1 aliphatic rings. The van der Waals surface area contributed by atoms with E-state index in [9.17, 15) is 13.2 Å². The number of ether oxygens (including phenoxy) is 1. The van der Waals surface area contributed by atoms with Gasteiger partial charge in [0.05, 0.1) is 12.2 Å². The highest BCUT2D eigenvalue weighted by Crippen LogP contribution is 2.35. The molecule has 1 saturated heterocycles. The molecule has 4 nitrogen and oxygen atoms in total. The minimum atomic E-state index is -4.40. The minimum absolute atomic E-state index is 0.112. The Labute approximate surface area is 122 Å². The van der Waals surface area contributed by atoms with Crippen LogP contribution in [-0.4, -0.2) is 38.3 Å². The van der Waals surface area contributed by atoms with Gasteiger partial charge in [-0.15, -0.1) is 0 Å². The molecule has 1 fully saturated rings. The summed E-state index contributed by atoms with van der Waals surface area (Å²) in [5.41, 5.74) is -0.882. The van der Waals surface area contributed by atoms with Crippen molar-refractivity contribution in [3.63, 3.8) is 0 Å². The lowest BCUT2D eigenvalue weighted by atomic mass is 9.79. The SMILES string of the molecule is COCC1(CNc2ncccc2C(F)(F)F)CCNCC1. The smallest absolute Gasteiger partial charge is 0.384 e. The summed E-state index contributed by atoms with van der Waals surface area (Å²) >= 11 is 0. The van der Waals surface area contributed by atoms with Crippen LogP contribution in [-0.2, 0) is 10.9 Å². The van der Waals surface area contributed by atoms with E-state index in [1.807, 2.05) is 0 Å². The second-order valence-electron chi connectivity index (χ2n) is 5.43. The molecule has 0 bridgehead atoms. The number of aromatic nitrogens is 1. The molecule has 0 amide bonds. The fraction of sp³-hybridized carbons (Fsp3) is 0.643. The summed E-state index contributed by atoms with van der Waals surface area (Å²) in [5.74, 6) is -0.112. The summed E-state index contributed by atoms with van der Waals surface area (Å²) in [7, 11) is 1.62. The van der Waals surface area contributed by atoms with Gasteiger partial charge in [-0.05, 0) is 38.1 Å². The van der Waals surface area contributed by atoms with Crippen molar-refractivity contribution in [2.45, 2.75) is 19.0 Å². The Kier molecular flexibility index (Phi) is 5.05. The average molecular weight is 303 g/mol. The molecule has 0 saturated carbocycles.